The maximum absolute atomic E-state index is 14.4. The first kappa shape index (κ1) is 42.7. The topological polar surface area (TPSA) is 205 Å². The van der Waals surface area contributed by atoms with Gasteiger partial charge < -0.3 is 50.3 Å². The third kappa shape index (κ3) is 8.03. The van der Waals surface area contributed by atoms with Gasteiger partial charge in [-0.1, -0.05) is 45.9 Å². The number of Topliss-reactive ketones (excluding diaryl/α,β-unsaturated/α-hetero) is 1. The molecular weight excluding hydrogens is 720 g/mol. The number of carbonyl (C=O) groups is 2. The van der Waals surface area contributed by atoms with Gasteiger partial charge in [0.05, 0.1) is 53.5 Å². The maximum atomic E-state index is 14.4. The van der Waals surface area contributed by atoms with Crippen LogP contribution in [0.15, 0.2) is 41.2 Å². The summed E-state index contributed by atoms with van der Waals surface area (Å²) in [5, 5.41) is 78.2. The maximum Gasteiger partial charge on any atom is 0.251 e. The molecule has 7 N–H and O–H groups in total. The zero-order chi connectivity index (χ0) is 41.4. The van der Waals surface area contributed by atoms with Gasteiger partial charge in [-0.15, -0.1) is 0 Å². The van der Waals surface area contributed by atoms with Crippen molar-refractivity contribution in [1.82, 2.24) is 9.91 Å². The van der Waals surface area contributed by atoms with Gasteiger partial charge in [0, 0.05) is 79.9 Å². The Bertz CT molecular complexity index is 1950. The Hall–Kier alpha value is -4.47. The minimum atomic E-state index is -1.51. The Balaban J connectivity index is 1.70. The zero-order valence-electron chi connectivity index (χ0n) is 33.8. The summed E-state index contributed by atoms with van der Waals surface area (Å²) >= 11 is 0. The second-order valence-electron chi connectivity index (χ2n) is 16.0. The molecule has 2 aromatic rings. The van der Waals surface area contributed by atoms with Crippen LogP contribution in [0.5, 0.6) is 17.2 Å². The van der Waals surface area contributed by atoms with Crippen molar-refractivity contribution < 1.29 is 49.7 Å². The number of carbonyl (C=O) groups excluding carboxylic acids is 2. The molecule has 3 aliphatic heterocycles. The fourth-order valence-corrected chi connectivity index (χ4v) is 7.98. The van der Waals surface area contributed by atoms with Crippen molar-refractivity contribution in [2.24, 2.45) is 28.8 Å². The van der Waals surface area contributed by atoms with Crippen LogP contribution in [0.1, 0.15) is 68.6 Å². The predicted octanol–water partition coefficient (Wildman–Crippen LogP) is 3.97. The van der Waals surface area contributed by atoms with Crippen LogP contribution in [0.3, 0.4) is 0 Å². The standard InChI is InChI=1S/C42H58N4O10/c1-21-11-10-12-22(2)41(54)44-33-28(20-43-46-16-14-45(8)15-17-46)38(51)31-30-27(23(3)37(50)32(31)39(33)52)19-42(7,40(30)53)56-18-13-29(55-9)24(4)35(48)26(6)36(49)25(5)34(21)47/h10-13,18,20-21,24-26,29,34-36,47-52H,14-17,19H2,1-9H3,(H,44,54)/b11-10+,18-13+,22-12+,43-20-/t21-,24+,25+,26-,29-,34-,35+,36+,42-/m0/s1. The number of allylic oxidation sites excluding steroid dienone is 2. The van der Waals surface area contributed by atoms with Crippen molar-refractivity contribution in [3.63, 3.8) is 0 Å². The molecule has 1 amide bonds. The number of phenols is 3. The number of likely N-dealkylation sites (N-methyl/N-ethyl adjacent to an activating group) is 1. The number of aliphatic hydroxyl groups excluding tert-OH is 3. The monoisotopic (exact) mass is 778 g/mol. The Labute approximate surface area is 328 Å². The van der Waals surface area contributed by atoms with E-state index in [1.807, 2.05) is 7.05 Å². The molecule has 9 atom stereocenters. The summed E-state index contributed by atoms with van der Waals surface area (Å²) < 4.78 is 11.8. The van der Waals surface area contributed by atoms with Crippen molar-refractivity contribution in [3.05, 3.63) is 58.4 Å². The lowest BCUT2D eigenvalue weighted by Gasteiger charge is -2.36. The van der Waals surface area contributed by atoms with Crippen molar-refractivity contribution in [1.29, 1.82) is 0 Å². The van der Waals surface area contributed by atoms with Crippen LogP contribution >= 0.6 is 0 Å². The number of anilines is 1. The van der Waals surface area contributed by atoms with E-state index in [4.69, 9.17) is 9.47 Å². The summed E-state index contributed by atoms with van der Waals surface area (Å²) in [5.74, 6) is -4.89. The number of hydrogen-bond acceptors (Lipinski definition) is 13. The largest absolute Gasteiger partial charge is 0.507 e. The highest BCUT2D eigenvalue weighted by molar-refractivity contribution is 6.23. The van der Waals surface area contributed by atoms with Gasteiger partial charge >= 0.3 is 0 Å². The van der Waals surface area contributed by atoms with Crippen LogP contribution in [-0.2, 0) is 20.7 Å². The van der Waals surface area contributed by atoms with Crippen LogP contribution in [-0.4, -0.2) is 129 Å². The smallest absolute Gasteiger partial charge is 0.251 e. The minimum Gasteiger partial charge on any atom is -0.507 e. The second kappa shape index (κ2) is 16.9. The molecule has 1 aliphatic carbocycles. The van der Waals surface area contributed by atoms with Crippen LogP contribution in [0.4, 0.5) is 5.69 Å². The summed E-state index contributed by atoms with van der Waals surface area (Å²) in [6.07, 6.45) is 5.21. The molecule has 306 valence electrons. The number of phenolic OH excluding ortho intramolecular Hbond substituents is 3. The zero-order valence-corrected chi connectivity index (χ0v) is 33.8. The average Bonchev–Trinajstić information content (AvgIpc) is 3.44. The second-order valence-corrected chi connectivity index (χ2v) is 16.0. The van der Waals surface area contributed by atoms with Gasteiger partial charge in [0.1, 0.15) is 11.5 Å². The van der Waals surface area contributed by atoms with E-state index < -0.39 is 76.9 Å². The molecule has 4 aliphatic rings. The number of nitrogens with one attached hydrogen (secondary N) is 1. The lowest BCUT2D eigenvalue weighted by atomic mass is 9.78. The normalized spacial score (nSPS) is 33.4. The molecule has 0 spiro atoms. The van der Waals surface area contributed by atoms with Gasteiger partial charge in [-0.3, -0.25) is 14.6 Å². The molecule has 5 bridgehead atoms. The fraction of sp³-hybridized carbons (Fsp3) is 0.548. The molecule has 56 heavy (non-hydrogen) atoms. The number of methoxy groups -OCH3 is 1. The number of rotatable bonds is 3. The van der Waals surface area contributed by atoms with Crippen molar-refractivity contribution >= 4 is 34.4 Å². The minimum absolute atomic E-state index is 0.0133. The lowest BCUT2D eigenvalue weighted by Crippen LogP contribution is -2.44. The van der Waals surface area contributed by atoms with Gasteiger partial charge in [0.25, 0.3) is 5.91 Å². The summed E-state index contributed by atoms with van der Waals surface area (Å²) in [6, 6.07) is 0. The quantitative estimate of drug-likeness (QED) is 0.134. The molecule has 0 saturated carbocycles. The average molecular weight is 779 g/mol. The number of amides is 1. The third-order valence-electron chi connectivity index (χ3n) is 12.1. The van der Waals surface area contributed by atoms with E-state index in [0.29, 0.717) is 24.2 Å². The number of aliphatic hydroxyl groups is 3. The number of nitrogens with zero attached hydrogens (tertiary/aromatic N) is 3. The number of ether oxygens (including phenoxy) is 2. The highest BCUT2D eigenvalue weighted by atomic mass is 16.5. The van der Waals surface area contributed by atoms with Crippen LogP contribution in [0.2, 0.25) is 0 Å². The van der Waals surface area contributed by atoms with Crippen LogP contribution in [0.25, 0.3) is 10.8 Å². The molecule has 2 aromatic carbocycles. The molecule has 0 radical (unpaired) electrons. The first-order valence-electron chi connectivity index (χ1n) is 19.2. The van der Waals surface area contributed by atoms with Crippen molar-refractivity contribution in [2.75, 3.05) is 45.7 Å². The van der Waals surface area contributed by atoms with Gasteiger partial charge in [-0.2, -0.15) is 5.10 Å². The number of hydrogen-bond donors (Lipinski definition) is 7. The fourth-order valence-electron chi connectivity index (χ4n) is 7.98. The van der Waals surface area contributed by atoms with E-state index in [0.717, 1.165) is 13.1 Å². The van der Waals surface area contributed by atoms with Gasteiger partial charge in [0.2, 0.25) is 5.78 Å². The lowest BCUT2D eigenvalue weighted by molar-refractivity contribution is -0.112. The summed E-state index contributed by atoms with van der Waals surface area (Å²) in [4.78, 5) is 30.3. The number of benzene rings is 2. The number of aromatic hydroxyl groups is 3. The first-order valence-corrected chi connectivity index (χ1v) is 19.2. The van der Waals surface area contributed by atoms with E-state index in [9.17, 15) is 40.2 Å². The first-order chi connectivity index (χ1) is 26.3. The predicted molar refractivity (Wildman–Crippen MR) is 214 cm³/mol. The molecule has 3 heterocycles. The SMILES string of the molecule is CO[C@H]1/C=C/O[C@@]2(C)Cc3c(C)c(O)c4c(O)c(c(/C=N\N5CCN(C)CC5)c(O)c4c3C2=O)NC(=O)/C(C)=C/C=C/[C@H](C)[C@H](O)[C@@H](C)[C@@H](O)[C@@H](C)[C@H](O)[C@@H]1C. The van der Waals surface area contributed by atoms with Gasteiger partial charge in [0.15, 0.2) is 11.4 Å². The summed E-state index contributed by atoms with van der Waals surface area (Å²) in [6.45, 7) is 14.3. The van der Waals surface area contributed by atoms with E-state index >= 15 is 0 Å². The number of piperazine rings is 1. The summed E-state index contributed by atoms with van der Waals surface area (Å²) in [5.41, 5.74) is -0.823. The highest BCUT2D eigenvalue weighted by Gasteiger charge is 2.47. The number of fused-ring (bicyclic) bond motifs is 14. The van der Waals surface area contributed by atoms with Gasteiger partial charge in [-0.05, 0) is 45.0 Å². The van der Waals surface area contributed by atoms with E-state index in [2.05, 4.69) is 15.3 Å². The van der Waals surface area contributed by atoms with Gasteiger partial charge in [-0.25, -0.2) is 0 Å². The van der Waals surface area contributed by atoms with Crippen molar-refractivity contribution in [3.8, 4) is 17.2 Å². The molecule has 0 aromatic heterocycles. The molecule has 6 rings (SSSR count). The van der Waals surface area contributed by atoms with E-state index in [1.165, 1.54) is 25.7 Å². The molecule has 1 fully saturated rings. The molecule has 0 unspecified atom stereocenters. The third-order valence-corrected chi connectivity index (χ3v) is 12.1. The molecular formula is C42H58N4O10. The highest BCUT2D eigenvalue weighted by Crippen LogP contribution is 2.53. The van der Waals surface area contributed by atoms with Crippen LogP contribution in [0, 0.1) is 30.6 Å². The Morgan fingerprint density at radius 1 is 0.893 bits per heavy atom. The Morgan fingerprint density at radius 2 is 1.52 bits per heavy atom. The summed E-state index contributed by atoms with van der Waals surface area (Å²) in [7, 11) is 3.47. The van der Waals surface area contributed by atoms with Crippen LogP contribution < -0.4 is 5.32 Å². The number of hydrazone groups is 1. The van der Waals surface area contributed by atoms with E-state index in [1.54, 1.807) is 71.7 Å². The molecule has 14 heteroatoms. The van der Waals surface area contributed by atoms with E-state index in [-0.39, 0.29) is 45.3 Å². The number of ketones is 1. The molecule has 14 nitrogen and oxygen atoms in total. The Kier molecular flexibility index (Phi) is 12.9. The van der Waals surface area contributed by atoms with Crippen molar-refractivity contribution in [2.45, 2.75) is 84.9 Å². The molecule has 1 saturated heterocycles. The Morgan fingerprint density at radius 3 is 2.16 bits per heavy atom.